The Labute approximate surface area is 113 Å². The molecule has 0 radical (unpaired) electrons. The number of halogens is 2. The second kappa shape index (κ2) is 7.05. The van der Waals surface area contributed by atoms with E-state index in [0.717, 1.165) is 6.54 Å². The molecular weight excluding hydrogens is 338 g/mol. The van der Waals surface area contributed by atoms with Crippen LogP contribution >= 0.6 is 43.2 Å². The molecule has 0 aromatic carbocycles. The van der Waals surface area contributed by atoms with Crippen LogP contribution in [0.2, 0.25) is 0 Å². The third kappa shape index (κ3) is 4.17. The average molecular weight is 355 g/mol. The highest BCUT2D eigenvalue weighted by Gasteiger charge is 2.13. The van der Waals surface area contributed by atoms with Crippen LogP contribution in [0.4, 0.5) is 0 Å². The highest BCUT2D eigenvalue weighted by Crippen LogP contribution is 2.36. The number of rotatable bonds is 6. The first kappa shape index (κ1) is 13.7. The molecule has 0 amide bonds. The van der Waals surface area contributed by atoms with Gasteiger partial charge >= 0.3 is 0 Å². The summed E-state index contributed by atoms with van der Waals surface area (Å²) in [5.41, 5.74) is 0. The molecule has 1 aromatic rings. The van der Waals surface area contributed by atoms with E-state index in [1.807, 2.05) is 11.3 Å². The maximum atomic E-state index is 3.60. The Morgan fingerprint density at radius 2 is 2.07 bits per heavy atom. The molecular formula is C11H17Br2NS. The summed E-state index contributed by atoms with van der Waals surface area (Å²) >= 11 is 8.91. The number of thiophene rings is 1. The van der Waals surface area contributed by atoms with Crippen molar-refractivity contribution in [3.63, 3.8) is 0 Å². The second-order valence-corrected chi connectivity index (χ2v) is 6.82. The third-order valence-corrected chi connectivity index (χ3v) is 5.60. The lowest BCUT2D eigenvalue weighted by atomic mass is 10.1. The van der Waals surface area contributed by atoms with Crippen LogP contribution in [0.25, 0.3) is 0 Å². The summed E-state index contributed by atoms with van der Waals surface area (Å²) in [6.07, 6.45) is 3.61. The van der Waals surface area contributed by atoms with Gasteiger partial charge in [0.15, 0.2) is 0 Å². The molecule has 1 nitrogen and oxygen atoms in total. The molecule has 1 heterocycles. The Kier molecular flexibility index (Phi) is 6.43. The van der Waals surface area contributed by atoms with Crippen molar-refractivity contribution in [2.45, 2.75) is 39.2 Å². The summed E-state index contributed by atoms with van der Waals surface area (Å²) in [6, 6.07) is 2.74. The van der Waals surface area contributed by atoms with Crippen molar-refractivity contribution in [2.24, 2.45) is 0 Å². The van der Waals surface area contributed by atoms with Gasteiger partial charge in [0, 0.05) is 15.4 Å². The van der Waals surface area contributed by atoms with Crippen molar-refractivity contribution in [3.05, 3.63) is 19.2 Å². The lowest BCUT2D eigenvalue weighted by Gasteiger charge is -2.15. The molecule has 1 unspecified atom stereocenters. The topological polar surface area (TPSA) is 12.0 Å². The first-order valence-corrected chi connectivity index (χ1v) is 7.77. The Morgan fingerprint density at radius 1 is 1.33 bits per heavy atom. The maximum Gasteiger partial charge on any atom is 0.0843 e. The van der Waals surface area contributed by atoms with Gasteiger partial charge in [-0.15, -0.1) is 11.3 Å². The minimum atomic E-state index is 0.516. The molecule has 0 saturated heterocycles. The Morgan fingerprint density at radius 3 is 2.53 bits per heavy atom. The van der Waals surface area contributed by atoms with E-state index in [2.05, 4.69) is 57.1 Å². The van der Waals surface area contributed by atoms with Gasteiger partial charge in [-0.1, -0.05) is 20.3 Å². The van der Waals surface area contributed by atoms with Crippen molar-refractivity contribution in [3.8, 4) is 0 Å². The predicted octanol–water partition coefficient (Wildman–Crippen LogP) is 5.11. The molecule has 1 rings (SSSR count). The number of hydrogen-bond acceptors (Lipinski definition) is 2. The van der Waals surface area contributed by atoms with Crippen molar-refractivity contribution < 1.29 is 0 Å². The Balaban J connectivity index is 2.69. The van der Waals surface area contributed by atoms with Crippen LogP contribution in [0.5, 0.6) is 0 Å². The summed E-state index contributed by atoms with van der Waals surface area (Å²) in [4.78, 5) is 1.42. The van der Waals surface area contributed by atoms with E-state index < -0.39 is 0 Å². The number of nitrogens with one attached hydrogen (secondary N) is 1. The van der Waals surface area contributed by atoms with E-state index in [-0.39, 0.29) is 0 Å². The average Bonchev–Trinajstić information content (AvgIpc) is 2.54. The molecule has 0 aliphatic heterocycles. The lowest BCUT2D eigenvalue weighted by molar-refractivity contribution is 0.500. The zero-order chi connectivity index (χ0) is 11.3. The van der Waals surface area contributed by atoms with E-state index in [1.165, 1.54) is 32.4 Å². The molecule has 0 aliphatic carbocycles. The zero-order valence-corrected chi connectivity index (χ0v) is 13.1. The van der Waals surface area contributed by atoms with Gasteiger partial charge in [0.2, 0.25) is 0 Å². The van der Waals surface area contributed by atoms with E-state index >= 15 is 0 Å². The number of hydrogen-bond donors (Lipinski definition) is 1. The third-order valence-electron chi connectivity index (χ3n) is 2.23. The molecule has 0 saturated carbocycles. The molecule has 0 spiro atoms. The summed E-state index contributed by atoms with van der Waals surface area (Å²) in [6.45, 7) is 5.53. The molecule has 1 atom stereocenters. The van der Waals surface area contributed by atoms with Gasteiger partial charge in [-0.05, 0) is 57.3 Å². The SMILES string of the molecule is CCCNC(CCC)c1cc(Br)c(Br)s1. The molecule has 0 bridgehead atoms. The predicted molar refractivity (Wildman–Crippen MR) is 75.7 cm³/mol. The highest BCUT2D eigenvalue weighted by atomic mass is 79.9. The van der Waals surface area contributed by atoms with Gasteiger partial charge in [0.25, 0.3) is 0 Å². The van der Waals surface area contributed by atoms with E-state index in [1.54, 1.807) is 0 Å². The largest absolute Gasteiger partial charge is 0.309 e. The van der Waals surface area contributed by atoms with Crippen molar-refractivity contribution >= 4 is 43.2 Å². The fourth-order valence-corrected chi connectivity index (χ4v) is 3.69. The standard InChI is InChI=1S/C11H17Br2NS/c1-3-5-9(14-6-4-2)10-7-8(12)11(13)15-10/h7,9,14H,3-6H2,1-2H3. The minimum Gasteiger partial charge on any atom is -0.309 e. The summed E-state index contributed by atoms with van der Waals surface area (Å²) < 4.78 is 2.36. The van der Waals surface area contributed by atoms with Crippen molar-refractivity contribution in [2.75, 3.05) is 6.54 Å². The van der Waals surface area contributed by atoms with Crippen LogP contribution in [-0.4, -0.2) is 6.54 Å². The monoisotopic (exact) mass is 353 g/mol. The normalized spacial score (nSPS) is 13.1. The fourth-order valence-electron chi connectivity index (χ4n) is 1.49. The van der Waals surface area contributed by atoms with Crippen LogP contribution in [0.15, 0.2) is 14.3 Å². The van der Waals surface area contributed by atoms with Crippen LogP contribution in [-0.2, 0) is 0 Å². The fraction of sp³-hybridized carbons (Fsp3) is 0.636. The Hall–Kier alpha value is 0.620. The molecule has 1 N–H and O–H groups in total. The first-order chi connectivity index (χ1) is 7.19. The van der Waals surface area contributed by atoms with Gasteiger partial charge in [-0.25, -0.2) is 0 Å². The minimum absolute atomic E-state index is 0.516. The summed E-state index contributed by atoms with van der Waals surface area (Å²) in [5, 5.41) is 3.60. The second-order valence-electron chi connectivity index (χ2n) is 3.57. The maximum absolute atomic E-state index is 3.60. The summed E-state index contributed by atoms with van der Waals surface area (Å²) in [5.74, 6) is 0. The quantitative estimate of drug-likeness (QED) is 0.748. The van der Waals surface area contributed by atoms with Crippen LogP contribution in [0.3, 0.4) is 0 Å². The molecule has 86 valence electrons. The molecule has 1 aromatic heterocycles. The van der Waals surface area contributed by atoms with Gasteiger partial charge in [0.1, 0.15) is 0 Å². The van der Waals surface area contributed by atoms with Gasteiger partial charge in [-0.2, -0.15) is 0 Å². The first-order valence-electron chi connectivity index (χ1n) is 5.37. The van der Waals surface area contributed by atoms with Crippen LogP contribution < -0.4 is 5.32 Å². The molecule has 0 aliphatic rings. The van der Waals surface area contributed by atoms with E-state index in [0.29, 0.717) is 6.04 Å². The van der Waals surface area contributed by atoms with Gasteiger partial charge in [0.05, 0.1) is 3.79 Å². The van der Waals surface area contributed by atoms with Gasteiger partial charge in [-0.3, -0.25) is 0 Å². The molecule has 4 heteroatoms. The zero-order valence-electron chi connectivity index (χ0n) is 9.15. The molecule has 0 fully saturated rings. The summed E-state index contributed by atoms with van der Waals surface area (Å²) in [7, 11) is 0. The lowest BCUT2D eigenvalue weighted by Crippen LogP contribution is -2.21. The van der Waals surface area contributed by atoms with E-state index in [9.17, 15) is 0 Å². The molecule has 15 heavy (non-hydrogen) atoms. The van der Waals surface area contributed by atoms with E-state index in [4.69, 9.17) is 0 Å². The van der Waals surface area contributed by atoms with Gasteiger partial charge < -0.3 is 5.32 Å². The van der Waals surface area contributed by atoms with Crippen LogP contribution in [0.1, 0.15) is 44.0 Å². The smallest absolute Gasteiger partial charge is 0.0843 e. The van der Waals surface area contributed by atoms with Crippen LogP contribution in [0, 0.1) is 0 Å². The Bertz CT molecular complexity index is 279. The van der Waals surface area contributed by atoms with Crippen molar-refractivity contribution in [1.29, 1.82) is 0 Å². The highest BCUT2D eigenvalue weighted by molar-refractivity contribution is 9.13. The van der Waals surface area contributed by atoms with Crippen molar-refractivity contribution in [1.82, 2.24) is 5.32 Å².